The zero-order chi connectivity index (χ0) is 27.9. The molecule has 0 spiro atoms. The Morgan fingerprint density at radius 1 is 0.900 bits per heavy atom. The minimum Gasteiger partial charge on any atom is -0.493 e. The Hall–Kier alpha value is -4.99. The number of nitrogens with one attached hydrogen (secondary N) is 1. The van der Waals surface area contributed by atoms with Crippen molar-refractivity contribution in [2.45, 2.75) is 12.8 Å². The predicted octanol–water partition coefficient (Wildman–Crippen LogP) is 5.65. The molecule has 1 aromatic heterocycles. The number of carbonyl (C=O) groups is 2. The maximum Gasteiger partial charge on any atom is 0.335 e. The molecule has 0 saturated carbocycles. The summed E-state index contributed by atoms with van der Waals surface area (Å²) in [5, 5.41) is 11.9. The lowest BCUT2D eigenvalue weighted by atomic mass is 9.98. The fraction of sp³-hybridized carbons (Fsp3) is 0.200. The van der Waals surface area contributed by atoms with Crippen LogP contribution < -0.4 is 19.7 Å². The third kappa shape index (κ3) is 6.90. The molecule has 0 bridgehead atoms. The standard InChI is InChI=1S/C30H27FN4O5/c31-23-7-9-25(10-8-23)40-27-6-1-3-21(15-27)28(36)34-24-17-32-30(33-18-24)35-13-11-20(12-14-35)19-39-26-5-2-4-22(16-26)29(37)38/h1-10,15-18,20H,11-14,19H2,(H,34,36)(H,37,38). The number of piperidine rings is 1. The van der Waals surface area contributed by atoms with E-state index in [9.17, 15) is 14.0 Å². The number of carbonyl (C=O) groups excluding carboxylic acids is 1. The van der Waals surface area contributed by atoms with Gasteiger partial charge in [-0.05, 0) is 79.4 Å². The molecule has 5 rings (SSSR count). The van der Waals surface area contributed by atoms with Gasteiger partial charge in [0, 0.05) is 18.7 Å². The molecule has 1 saturated heterocycles. The molecule has 10 heteroatoms. The number of carboxylic acid groups (broad SMARTS) is 1. The first kappa shape index (κ1) is 26.6. The molecule has 4 aromatic rings. The monoisotopic (exact) mass is 542 g/mol. The number of carboxylic acids is 1. The molecule has 0 aliphatic carbocycles. The number of hydrogen-bond donors (Lipinski definition) is 2. The summed E-state index contributed by atoms with van der Waals surface area (Å²) >= 11 is 0. The molecule has 9 nitrogen and oxygen atoms in total. The van der Waals surface area contributed by atoms with Gasteiger partial charge in [0.15, 0.2) is 0 Å². The second-order valence-corrected chi connectivity index (χ2v) is 9.38. The molecule has 1 aliphatic heterocycles. The molecule has 0 radical (unpaired) electrons. The Morgan fingerprint density at radius 3 is 2.25 bits per heavy atom. The number of aromatic carboxylic acids is 1. The molecule has 0 unspecified atom stereocenters. The Morgan fingerprint density at radius 2 is 1.55 bits per heavy atom. The first-order valence-electron chi connectivity index (χ1n) is 12.8. The number of nitrogens with zero attached hydrogens (tertiary/aromatic N) is 3. The van der Waals surface area contributed by atoms with Crippen molar-refractivity contribution in [3.63, 3.8) is 0 Å². The van der Waals surface area contributed by atoms with E-state index in [2.05, 4.69) is 20.2 Å². The van der Waals surface area contributed by atoms with Gasteiger partial charge in [-0.2, -0.15) is 0 Å². The highest BCUT2D eigenvalue weighted by atomic mass is 19.1. The fourth-order valence-electron chi connectivity index (χ4n) is 4.32. The highest BCUT2D eigenvalue weighted by Gasteiger charge is 2.22. The van der Waals surface area contributed by atoms with Crippen LogP contribution in [0.3, 0.4) is 0 Å². The molecule has 1 fully saturated rings. The van der Waals surface area contributed by atoms with Crippen LogP contribution in [-0.4, -0.2) is 46.6 Å². The van der Waals surface area contributed by atoms with Crippen molar-refractivity contribution in [3.05, 3.63) is 102 Å². The zero-order valence-corrected chi connectivity index (χ0v) is 21.5. The Balaban J connectivity index is 1.11. The van der Waals surface area contributed by atoms with Crippen molar-refractivity contribution in [2.75, 3.05) is 29.9 Å². The van der Waals surface area contributed by atoms with Crippen molar-refractivity contribution in [1.82, 2.24) is 9.97 Å². The predicted molar refractivity (Wildman–Crippen MR) is 147 cm³/mol. The zero-order valence-electron chi connectivity index (χ0n) is 21.5. The normalized spacial score (nSPS) is 13.5. The molecule has 3 aromatic carbocycles. The molecule has 1 amide bonds. The second kappa shape index (κ2) is 12.2. The third-order valence-corrected chi connectivity index (χ3v) is 6.51. The van der Waals surface area contributed by atoms with Crippen molar-refractivity contribution >= 4 is 23.5 Å². The van der Waals surface area contributed by atoms with E-state index in [0.29, 0.717) is 47.0 Å². The summed E-state index contributed by atoms with van der Waals surface area (Å²) in [6, 6.07) is 18.8. The number of aromatic nitrogens is 2. The number of hydrogen-bond acceptors (Lipinski definition) is 7. The number of amides is 1. The van der Waals surface area contributed by atoms with E-state index in [-0.39, 0.29) is 17.3 Å². The maximum atomic E-state index is 13.1. The number of rotatable bonds is 9. The van der Waals surface area contributed by atoms with E-state index in [0.717, 1.165) is 25.9 Å². The summed E-state index contributed by atoms with van der Waals surface area (Å²) < 4.78 is 24.7. The first-order chi connectivity index (χ1) is 19.4. The van der Waals surface area contributed by atoms with E-state index in [1.54, 1.807) is 48.8 Å². The number of halogens is 1. The van der Waals surface area contributed by atoms with E-state index < -0.39 is 5.97 Å². The maximum absolute atomic E-state index is 13.1. The van der Waals surface area contributed by atoms with Crippen LogP contribution in [0.1, 0.15) is 33.6 Å². The van der Waals surface area contributed by atoms with Crippen LogP contribution in [0.4, 0.5) is 16.0 Å². The molecular formula is C30H27FN4O5. The van der Waals surface area contributed by atoms with E-state index in [1.807, 2.05) is 0 Å². The highest BCUT2D eigenvalue weighted by Crippen LogP contribution is 2.25. The third-order valence-electron chi connectivity index (χ3n) is 6.51. The van der Waals surface area contributed by atoms with Gasteiger partial charge in [0.1, 0.15) is 23.1 Å². The first-order valence-corrected chi connectivity index (χ1v) is 12.8. The molecule has 40 heavy (non-hydrogen) atoms. The number of ether oxygens (including phenoxy) is 2. The fourth-order valence-corrected chi connectivity index (χ4v) is 4.32. The van der Waals surface area contributed by atoms with E-state index in [1.165, 1.54) is 36.4 Å². The van der Waals surface area contributed by atoms with E-state index in [4.69, 9.17) is 14.6 Å². The lowest BCUT2D eigenvalue weighted by Gasteiger charge is -2.31. The van der Waals surface area contributed by atoms with Gasteiger partial charge in [0.05, 0.1) is 30.3 Å². The summed E-state index contributed by atoms with van der Waals surface area (Å²) in [5.74, 6) is 0.717. The Kier molecular flexibility index (Phi) is 8.15. The molecule has 204 valence electrons. The molecule has 2 N–H and O–H groups in total. The van der Waals surface area contributed by atoms with E-state index >= 15 is 0 Å². The average molecular weight is 543 g/mol. The summed E-state index contributed by atoms with van der Waals surface area (Å²) in [7, 11) is 0. The van der Waals surface area contributed by atoms with Crippen molar-refractivity contribution in [2.24, 2.45) is 5.92 Å². The summed E-state index contributed by atoms with van der Waals surface area (Å²) in [6.45, 7) is 2.03. The highest BCUT2D eigenvalue weighted by molar-refractivity contribution is 6.04. The average Bonchev–Trinajstić information content (AvgIpc) is 2.98. The van der Waals surface area contributed by atoms with Gasteiger partial charge < -0.3 is 24.8 Å². The Bertz CT molecular complexity index is 1470. The summed E-state index contributed by atoms with van der Waals surface area (Å²) in [6.07, 6.45) is 4.92. The minimum absolute atomic E-state index is 0.202. The van der Waals surface area contributed by atoms with Gasteiger partial charge in [-0.15, -0.1) is 0 Å². The van der Waals surface area contributed by atoms with Crippen LogP contribution in [0.25, 0.3) is 0 Å². The minimum atomic E-state index is -0.980. The Labute approximate surface area is 230 Å². The van der Waals surface area contributed by atoms with Gasteiger partial charge in [-0.1, -0.05) is 12.1 Å². The smallest absolute Gasteiger partial charge is 0.335 e. The van der Waals surface area contributed by atoms with Crippen molar-refractivity contribution in [1.29, 1.82) is 0 Å². The quantitative estimate of drug-likeness (QED) is 0.279. The molecule has 0 atom stereocenters. The van der Waals surface area contributed by atoms with Gasteiger partial charge in [-0.25, -0.2) is 19.2 Å². The van der Waals surface area contributed by atoms with Crippen molar-refractivity contribution < 1.29 is 28.6 Å². The van der Waals surface area contributed by atoms with Crippen LogP contribution in [-0.2, 0) is 0 Å². The lowest BCUT2D eigenvalue weighted by molar-refractivity contribution is 0.0696. The summed E-state index contributed by atoms with van der Waals surface area (Å²) in [5.41, 5.74) is 1.06. The molecule has 2 heterocycles. The van der Waals surface area contributed by atoms with Crippen molar-refractivity contribution in [3.8, 4) is 17.2 Å². The van der Waals surface area contributed by atoms with Gasteiger partial charge in [0.25, 0.3) is 5.91 Å². The summed E-state index contributed by atoms with van der Waals surface area (Å²) in [4.78, 5) is 34.9. The number of benzene rings is 3. The molecule has 1 aliphatic rings. The van der Waals surface area contributed by atoms with Gasteiger partial charge in [0.2, 0.25) is 5.95 Å². The number of anilines is 2. The SMILES string of the molecule is O=C(O)c1cccc(OCC2CCN(c3ncc(NC(=O)c4cccc(Oc5ccc(F)cc5)c4)cn3)CC2)c1. The topological polar surface area (TPSA) is 114 Å². The largest absolute Gasteiger partial charge is 0.493 e. The second-order valence-electron chi connectivity index (χ2n) is 9.38. The lowest BCUT2D eigenvalue weighted by Crippen LogP contribution is -2.36. The van der Waals surface area contributed by atoms with Crippen LogP contribution in [0, 0.1) is 11.7 Å². The molecular weight excluding hydrogens is 515 g/mol. The van der Waals surface area contributed by atoms with Crippen LogP contribution in [0.15, 0.2) is 85.2 Å². The van der Waals surface area contributed by atoms with Gasteiger partial charge >= 0.3 is 5.97 Å². The van der Waals surface area contributed by atoms with Gasteiger partial charge in [-0.3, -0.25) is 4.79 Å². The van der Waals surface area contributed by atoms with Crippen LogP contribution in [0.5, 0.6) is 17.2 Å². The van der Waals surface area contributed by atoms with Crippen LogP contribution >= 0.6 is 0 Å². The van der Waals surface area contributed by atoms with Crippen LogP contribution in [0.2, 0.25) is 0 Å².